The number of ether oxygens (including phenoxy) is 1. The Labute approximate surface area is 152 Å². The first-order valence-corrected chi connectivity index (χ1v) is 9.61. The Hall–Kier alpha value is -2.80. The summed E-state index contributed by atoms with van der Waals surface area (Å²) in [6, 6.07) is 14.0. The standard InChI is InChI=1S/C19H20N2O4S/c1-13(2)14-6-10-17(11-7-14)26(22,23)21-19-18(12-20-25-19)15-4-8-16(24-3)9-5-15/h4-13,21H,1-3H3. The van der Waals surface area contributed by atoms with Gasteiger partial charge in [-0.05, 0) is 41.3 Å². The summed E-state index contributed by atoms with van der Waals surface area (Å²) in [5, 5.41) is 3.72. The number of nitrogens with zero attached hydrogens (tertiary/aromatic N) is 1. The van der Waals surface area contributed by atoms with E-state index in [1.54, 1.807) is 43.5 Å². The second-order valence-corrected chi connectivity index (χ2v) is 7.81. The molecule has 1 aromatic heterocycles. The van der Waals surface area contributed by atoms with Crippen molar-refractivity contribution in [3.8, 4) is 16.9 Å². The van der Waals surface area contributed by atoms with Crippen molar-refractivity contribution >= 4 is 15.9 Å². The number of hydrogen-bond acceptors (Lipinski definition) is 5. The number of methoxy groups -OCH3 is 1. The summed E-state index contributed by atoms with van der Waals surface area (Å²) in [7, 11) is -2.20. The highest BCUT2D eigenvalue weighted by atomic mass is 32.2. The van der Waals surface area contributed by atoms with E-state index in [1.807, 2.05) is 12.1 Å². The second-order valence-electron chi connectivity index (χ2n) is 6.13. The second kappa shape index (κ2) is 7.21. The van der Waals surface area contributed by atoms with Crippen LogP contribution in [0, 0.1) is 0 Å². The zero-order valence-corrected chi connectivity index (χ0v) is 15.6. The van der Waals surface area contributed by atoms with Crippen LogP contribution < -0.4 is 9.46 Å². The number of aromatic nitrogens is 1. The predicted octanol–water partition coefficient (Wildman–Crippen LogP) is 4.27. The highest BCUT2D eigenvalue weighted by molar-refractivity contribution is 7.92. The summed E-state index contributed by atoms with van der Waals surface area (Å²) < 4.78 is 38.0. The van der Waals surface area contributed by atoms with Crippen LogP contribution in [0.15, 0.2) is 64.1 Å². The lowest BCUT2D eigenvalue weighted by molar-refractivity contribution is 0.415. The zero-order valence-electron chi connectivity index (χ0n) is 14.8. The molecule has 0 radical (unpaired) electrons. The smallest absolute Gasteiger partial charge is 0.264 e. The van der Waals surface area contributed by atoms with Crippen LogP contribution in [0.1, 0.15) is 25.3 Å². The summed E-state index contributed by atoms with van der Waals surface area (Å²) in [6.07, 6.45) is 1.47. The quantitative estimate of drug-likeness (QED) is 0.699. The Balaban J connectivity index is 1.87. The monoisotopic (exact) mass is 372 g/mol. The molecule has 0 amide bonds. The zero-order chi connectivity index (χ0) is 18.7. The van der Waals surface area contributed by atoms with Crippen LogP contribution >= 0.6 is 0 Å². The molecular formula is C19H20N2O4S. The van der Waals surface area contributed by atoms with Gasteiger partial charge < -0.3 is 9.26 Å². The molecule has 3 aromatic rings. The maximum absolute atomic E-state index is 12.6. The molecule has 0 saturated heterocycles. The summed E-state index contributed by atoms with van der Waals surface area (Å²) in [6.45, 7) is 4.11. The normalized spacial score (nSPS) is 11.5. The van der Waals surface area contributed by atoms with Gasteiger partial charge >= 0.3 is 0 Å². The van der Waals surface area contributed by atoms with Crippen molar-refractivity contribution in [2.24, 2.45) is 0 Å². The average Bonchev–Trinajstić information content (AvgIpc) is 3.09. The van der Waals surface area contributed by atoms with Gasteiger partial charge in [0.2, 0.25) is 5.88 Å². The van der Waals surface area contributed by atoms with E-state index in [0.29, 0.717) is 17.2 Å². The molecule has 0 aliphatic carbocycles. The molecule has 7 heteroatoms. The lowest BCUT2D eigenvalue weighted by Crippen LogP contribution is -2.13. The van der Waals surface area contributed by atoms with Crippen molar-refractivity contribution in [2.45, 2.75) is 24.7 Å². The van der Waals surface area contributed by atoms with E-state index in [4.69, 9.17) is 9.26 Å². The van der Waals surface area contributed by atoms with Gasteiger partial charge in [0.15, 0.2) is 0 Å². The van der Waals surface area contributed by atoms with Crippen molar-refractivity contribution in [3.05, 3.63) is 60.3 Å². The summed E-state index contributed by atoms with van der Waals surface area (Å²) in [4.78, 5) is 0.166. The molecule has 26 heavy (non-hydrogen) atoms. The molecule has 1 N–H and O–H groups in total. The number of hydrogen-bond donors (Lipinski definition) is 1. The molecule has 0 spiro atoms. The first-order valence-electron chi connectivity index (χ1n) is 8.12. The summed E-state index contributed by atoms with van der Waals surface area (Å²) in [5.41, 5.74) is 2.39. The molecule has 0 fully saturated rings. The Morgan fingerprint density at radius 2 is 1.69 bits per heavy atom. The molecule has 1 heterocycles. The predicted molar refractivity (Wildman–Crippen MR) is 99.8 cm³/mol. The van der Waals surface area contributed by atoms with E-state index in [-0.39, 0.29) is 10.8 Å². The Morgan fingerprint density at radius 3 is 2.27 bits per heavy atom. The molecular weight excluding hydrogens is 352 g/mol. The first kappa shape index (κ1) is 18.0. The van der Waals surface area contributed by atoms with E-state index in [2.05, 4.69) is 23.7 Å². The number of nitrogens with one attached hydrogen (secondary N) is 1. The van der Waals surface area contributed by atoms with E-state index in [9.17, 15) is 8.42 Å². The van der Waals surface area contributed by atoms with Crippen LogP contribution in [0.25, 0.3) is 11.1 Å². The number of benzene rings is 2. The molecule has 0 unspecified atom stereocenters. The van der Waals surface area contributed by atoms with Gasteiger partial charge in [-0.15, -0.1) is 0 Å². The van der Waals surface area contributed by atoms with Crippen LogP contribution in [0.4, 0.5) is 5.88 Å². The highest BCUT2D eigenvalue weighted by Gasteiger charge is 2.20. The molecule has 136 valence electrons. The molecule has 0 aliphatic heterocycles. The minimum atomic E-state index is -3.78. The van der Waals surface area contributed by atoms with Gasteiger partial charge in [0.25, 0.3) is 10.0 Å². The SMILES string of the molecule is COc1ccc(-c2cnoc2NS(=O)(=O)c2ccc(C(C)C)cc2)cc1. The first-order chi connectivity index (χ1) is 12.4. The molecule has 0 atom stereocenters. The van der Waals surface area contributed by atoms with Gasteiger partial charge in [0.1, 0.15) is 5.75 Å². The molecule has 6 nitrogen and oxygen atoms in total. The van der Waals surface area contributed by atoms with Crippen LogP contribution in [0.2, 0.25) is 0 Å². The number of sulfonamides is 1. The average molecular weight is 372 g/mol. The Kier molecular flexibility index (Phi) is 4.99. The largest absolute Gasteiger partial charge is 0.497 e. The third kappa shape index (κ3) is 3.72. The van der Waals surface area contributed by atoms with Gasteiger partial charge in [0, 0.05) is 0 Å². The van der Waals surface area contributed by atoms with Gasteiger partial charge in [-0.1, -0.05) is 43.3 Å². The van der Waals surface area contributed by atoms with Crippen molar-refractivity contribution in [1.29, 1.82) is 0 Å². The Bertz CT molecular complexity index is 975. The van der Waals surface area contributed by atoms with Crippen LogP contribution in [-0.2, 0) is 10.0 Å². The third-order valence-electron chi connectivity index (χ3n) is 4.06. The topological polar surface area (TPSA) is 81.4 Å². The highest BCUT2D eigenvalue weighted by Crippen LogP contribution is 2.31. The van der Waals surface area contributed by atoms with E-state index >= 15 is 0 Å². The molecule has 2 aromatic carbocycles. The van der Waals surface area contributed by atoms with E-state index < -0.39 is 10.0 Å². The fraction of sp³-hybridized carbons (Fsp3) is 0.211. The molecule has 0 saturated carbocycles. The van der Waals surface area contributed by atoms with Gasteiger partial charge in [-0.2, -0.15) is 0 Å². The maximum Gasteiger partial charge on any atom is 0.264 e. The fourth-order valence-corrected chi connectivity index (χ4v) is 3.51. The Morgan fingerprint density at radius 1 is 1.04 bits per heavy atom. The van der Waals surface area contributed by atoms with Crippen molar-refractivity contribution in [2.75, 3.05) is 11.8 Å². The number of anilines is 1. The third-order valence-corrected chi connectivity index (χ3v) is 5.40. The van der Waals surface area contributed by atoms with Crippen LogP contribution in [0.3, 0.4) is 0 Å². The minimum absolute atomic E-state index is 0.0723. The van der Waals surface area contributed by atoms with Crippen molar-refractivity contribution in [1.82, 2.24) is 5.16 Å². The van der Waals surface area contributed by atoms with Gasteiger partial charge in [-0.25, -0.2) is 13.1 Å². The van der Waals surface area contributed by atoms with Crippen LogP contribution in [0.5, 0.6) is 5.75 Å². The van der Waals surface area contributed by atoms with E-state index in [1.165, 1.54) is 6.20 Å². The lowest BCUT2D eigenvalue weighted by Gasteiger charge is -2.09. The minimum Gasteiger partial charge on any atom is -0.497 e. The summed E-state index contributed by atoms with van der Waals surface area (Å²) in [5.74, 6) is 1.11. The molecule has 0 bridgehead atoms. The lowest BCUT2D eigenvalue weighted by atomic mass is 10.0. The number of rotatable bonds is 6. The molecule has 3 rings (SSSR count). The van der Waals surface area contributed by atoms with Gasteiger partial charge in [0.05, 0.1) is 23.8 Å². The van der Waals surface area contributed by atoms with Crippen molar-refractivity contribution in [3.63, 3.8) is 0 Å². The maximum atomic E-state index is 12.6. The fourth-order valence-electron chi connectivity index (χ4n) is 2.50. The summed E-state index contributed by atoms with van der Waals surface area (Å²) >= 11 is 0. The van der Waals surface area contributed by atoms with Crippen LogP contribution in [-0.4, -0.2) is 20.7 Å². The molecule has 0 aliphatic rings. The van der Waals surface area contributed by atoms with Crippen molar-refractivity contribution < 1.29 is 17.7 Å². The van der Waals surface area contributed by atoms with E-state index in [0.717, 1.165) is 11.1 Å². The van der Waals surface area contributed by atoms with Gasteiger partial charge in [-0.3, -0.25) is 0 Å².